The smallest absolute Gasteiger partial charge is 0.367 e. The average Bonchev–Trinajstić information content (AvgIpc) is 2.96. The Balaban J connectivity index is 2.15. The van der Waals surface area contributed by atoms with E-state index >= 15 is 0 Å². The van der Waals surface area contributed by atoms with E-state index in [1.165, 1.54) is 10.3 Å². The minimum Gasteiger partial charge on any atom is -0.461 e. The summed E-state index contributed by atoms with van der Waals surface area (Å²) in [4.78, 5) is 40.8. The van der Waals surface area contributed by atoms with Crippen LogP contribution in [0.3, 0.4) is 0 Å². The summed E-state index contributed by atoms with van der Waals surface area (Å²) in [6.07, 6.45) is 2.25. The number of esters is 1. The molecule has 2 N–H and O–H groups in total. The number of likely N-dealkylation sites (tertiary alicyclic amines) is 1. The van der Waals surface area contributed by atoms with Gasteiger partial charge in [-0.2, -0.15) is 0 Å². The van der Waals surface area contributed by atoms with Crippen molar-refractivity contribution in [3.05, 3.63) is 16.1 Å². The number of rotatable bonds is 4. The number of nitrogens with two attached hydrogens (primary N) is 1. The Kier molecular flexibility index (Phi) is 4.89. The van der Waals surface area contributed by atoms with E-state index in [1.54, 1.807) is 6.92 Å². The lowest BCUT2D eigenvalue weighted by Crippen LogP contribution is -2.50. The maximum absolute atomic E-state index is 12.4. The molecular formula is C13H17N3O4S. The largest absolute Gasteiger partial charge is 0.461 e. The van der Waals surface area contributed by atoms with Crippen molar-refractivity contribution >= 4 is 29.1 Å². The second-order valence-corrected chi connectivity index (χ2v) is 5.53. The van der Waals surface area contributed by atoms with E-state index in [4.69, 9.17) is 10.5 Å². The van der Waals surface area contributed by atoms with E-state index in [-0.39, 0.29) is 23.2 Å². The molecule has 0 aliphatic carbocycles. The van der Waals surface area contributed by atoms with Crippen molar-refractivity contribution in [3.63, 3.8) is 0 Å². The lowest BCUT2D eigenvalue weighted by atomic mass is 10.0. The summed E-state index contributed by atoms with van der Waals surface area (Å²) in [5.74, 6) is -1.43. The van der Waals surface area contributed by atoms with Gasteiger partial charge < -0.3 is 15.4 Å². The summed E-state index contributed by atoms with van der Waals surface area (Å²) in [6, 6.07) is -0.598. The van der Waals surface area contributed by atoms with Gasteiger partial charge in [-0.1, -0.05) is 0 Å². The summed E-state index contributed by atoms with van der Waals surface area (Å²) in [6.45, 7) is 2.42. The zero-order chi connectivity index (χ0) is 15.4. The predicted octanol–water partition coefficient (Wildman–Crippen LogP) is 0.800. The van der Waals surface area contributed by atoms with Crippen molar-refractivity contribution in [1.29, 1.82) is 0 Å². The molecule has 0 aromatic carbocycles. The molecule has 1 atom stereocenters. The minimum atomic E-state index is -0.598. The fourth-order valence-corrected chi connectivity index (χ4v) is 2.96. The minimum absolute atomic E-state index is 0.132. The van der Waals surface area contributed by atoms with Gasteiger partial charge in [-0.05, 0) is 26.2 Å². The number of thiazole rings is 1. The number of hydrogen-bond acceptors (Lipinski definition) is 6. The van der Waals surface area contributed by atoms with E-state index in [0.717, 1.165) is 24.2 Å². The average molecular weight is 311 g/mol. The maximum Gasteiger partial charge on any atom is 0.367 e. The molecule has 1 aliphatic rings. The Labute approximate surface area is 126 Å². The first-order valence-corrected chi connectivity index (χ1v) is 7.65. The highest BCUT2D eigenvalue weighted by molar-refractivity contribution is 7.11. The summed E-state index contributed by atoms with van der Waals surface area (Å²) in [7, 11) is 0. The number of hydrogen-bond donors (Lipinski definition) is 1. The first-order chi connectivity index (χ1) is 10.0. The SMILES string of the molecule is CCOC(=O)c1nc(C(=O)N2CCCCC2C(N)=O)cs1. The van der Waals surface area contributed by atoms with Gasteiger partial charge >= 0.3 is 5.97 Å². The number of nitrogens with zero attached hydrogens (tertiary/aromatic N) is 2. The van der Waals surface area contributed by atoms with E-state index in [9.17, 15) is 14.4 Å². The Hall–Kier alpha value is -1.96. The van der Waals surface area contributed by atoms with Crippen molar-refractivity contribution in [1.82, 2.24) is 9.88 Å². The first-order valence-electron chi connectivity index (χ1n) is 6.77. The van der Waals surface area contributed by atoms with E-state index in [1.807, 2.05) is 0 Å². The molecule has 1 aromatic heterocycles. The fraction of sp³-hybridized carbons (Fsp3) is 0.538. The van der Waals surface area contributed by atoms with Crippen LogP contribution in [0.15, 0.2) is 5.38 Å². The predicted molar refractivity (Wildman–Crippen MR) is 75.9 cm³/mol. The molecule has 1 aliphatic heterocycles. The van der Waals surface area contributed by atoms with Gasteiger partial charge in [0.15, 0.2) is 0 Å². The highest BCUT2D eigenvalue weighted by Gasteiger charge is 2.32. The van der Waals surface area contributed by atoms with Gasteiger partial charge in [-0.25, -0.2) is 9.78 Å². The zero-order valence-corrected chi connectivity index (χ0v) is 12.5. The second kappa shape index (κ2) is 6.66. The molecule has 0 saturated carbocycles. The number of ether oxygens (including phenoxy) is 1. The number of piperidine rings is 1. The number of amides is 2. The molecule has 1 aromatic rings. The monoisotopic (exact) mass is 311 g/mol. The third-order valence-corrected chi connectivity index (χ3v) is 4.09. The van der Waals surface area contributed by atoms with Crippen LogP contribution in [0.1, 0.15) is 46.5 Å². The summed E-state index contributed by atoms with van der Waals surface area (Å²) in [5, 5.41) is 1.63. The number of carbonyl (C=O) groups is 3. The van der Waals surface area contributed by atoms with Gasteiger partial charge in [0.1, 0.15) is 11.7 Å². The molecule has 1 fully saturated rings. The van der Waals surface area contributed by atoms with Crippen LogP contribution >= 0.6 is 11.3 Å². The number of aromatic nitrogens is 1. The Bertz CT molecular complexity index is 557. The van der Waals surface area contributed by atoms with Crippen LogP contribution < -0.4 is 5.73 Å². The van der Waals surface area contributed by atoms with E-state index < -0.39 is 17.9 Å². The van der Waals surface area contributed by atoms with Crippen LogP contribution in [0, 0.1) is 0 Å². The van der Waals surface area contributed by atoms with Crippen LogP contribution in [0.25, 0.3) is 0 Å². The molecule has 0 bridgehead atoms. The Morgan fingerprint density at radius 3 is 2.90 bits per heavy atom. The lowest BCUT2D eigenvalue weighted by Gasteiger charge is -2.33. The van der Waals surface area contributed by atoms with Gasteiger partial charge in [0.25, 0.3) is 5.91 Å². The van der Waals surface area contributed by atoms with Crippen LogP contribution in [0.2, 0.25) is 0 Å². The van der Waals surface area contributed by atoms with E-state index in [0.29, 0.717) is 13.0 Å². The standard InChI is InChI=1S/C13H17N3O4S/c1-2-20-13(19)11-15-8(7-21-11)12(18)16-6-4-3-5-9(16)10(14)17/h7,9H,2-6H2,1H3,(H2,14,17). The third kappa shape index (κ3) is 3.38. The molecular weight excluding hydrogens is 294 g/mol. The van der Waals surface area contributed by atoms with Crippen LogP contribution in [0.4, 0.5) is 0 Å². The molecule has 8 heteroatoms. The molecule has 2 heterocycles. The van der Waals surface area contributed by atoms with Crippen molar-refractivity contribution in [2.75, 3.05) is 13.2 Å². The molecule has 0 spiro atoms. The molecule has 21 heavy (non-hydrogen) atoms. The van der Waals surface area contributed by atoms with Gasteiger partial charge in [0.05, 0.1) is 6.61 Å². The highest BCUT2D eigenvalue weighted by atomic mass is 32.1. The summed E-state index contributed by atoms with van der Waals surface area (Å²) in [5.41, 5.74) is 5.49. The first kappa shape index (κ1) is 15.4. The molecule has 0 radical (unpaired) electrons. The van der Waals surface area contributed by atoms with Crippen LogP contribution in [0.5, 0.6) is 0 Å². The third-order valence-electron chi connectivity index (χ3n) is 3.27. The van der Waals surface area contributed by atoms with Gasteiger partial charge in [0, 0.05) is 11.9 Å². The van der Waals surface area contributed by atoms with Crippen LogP contribution in [-0.4, -0.2) is 46.9 Å². The summed E-state index contributed by atoms with van der Waals surface area (Å²) < 4.78 is 4.84. The van der Waals surface area contributed by atoms with Crippen molar-refractivity contribution in [2.45, 2.75) is 32.2 Å². The van der Waals surface area contributed by atoms with Gasteiger partial charge in [-0.15, -0.1) is 11.3 Å². The molecule has 1 unspecified atom stereocenters. The molecule has 7 nitrogen and oxygen atoms in total. The summed E-state index contributed by atoms with van der Waals surface area (Å²) >= 11 is 1.05. The molecule has 1 saturated heterocycles. The quantitative estimate of drug-likeness (QED) is 0.828. The van der Waals surface area contributed by atoms with E-state index in [2.05, 4.69) is 4.98 Å². The fourth-order valence-electron chi connectivity index (χ4n) is 2.28. The van der Waals surface area contributed by atoms with Crippen molar-refractivity contribution < 1.29 is 19.1 Å². The Morgan fingerprint density at radius 2 is 2.24 bits per heavy atom. The van der Waals surface area contributed by atoms with Crippen LogP contribution in [-0.2, 0) is 9.53 Å². The van der Waals surface area contributed by atoms with Crippen molar-refractivity contribution in [2.24, 2.45) is 5.73 Å². The Morgan fingerprint density at radius 1 is 1.48 bits per heavy atom. The van der Waals surface area contributed by atoms with Gasteiger partial charge in [0.2, 0.25) is 10.9 Å². The highest BCUT2D eigenvalue weighted by Crippen LogP contribution is 2.21. The molecule has 114 valence electrons. The maximum atomic E-state index is 12.4. The molecule has 2 rings (SSSR count). The molecule has 2 amide bonds. The van der Waals surface area contributed by atoms with Crippen molar-refractivity contribution in [3.8, 4) is 0 Å². The number of carbonyl (C=O) groups excluding carboxylic acids is 3. The second-order valence-electron chi connectivity index (χ2n) is 4.67. The lowest BCUT2D eigenvalue weighted by molar-refractivity contribution is -0.123. The van der Waals surface area contributed by atoms with Gasteiger partial charge in [-0.3, -0.25) is 9.59 Å². The number of primary amides is 1. The zero-order valence-electron chi connectivity index (χ0n) is 11.7. The normalized spacial score (nSPS) is 18.3. The topological polar surface area (TPSA) is 103 Å².